The van der Waals surface area contributed by atoms with Crippen LogP contribution in [0.4, 0.5) is 17.2 Å². The van der Waals surface area contributed by atoms with Crippen molar-refractivity contribution in [3.8, 4) is 22.6 Å². The van der Waals surface area contributed by atoms with Gasteiger partial charge in [-0.1, -0.05) is 30.7 Å². The number of aliphatic hydroxyl groups excluding tert-OH is 1. The number of nitrogens with zero attached hydrogens (tertiary/aromatic N) is 3. The van der Waals surface area contributed by atoms with Crippen molar-refractivity contribution in [3.63, 3.8) is 0 Å². The molecule has 1 amide bonds. The molecule has 4 N–H and O–H groups in total. The minimum absolute atomic E-state index is 0.0198. The van der Waals surface area contributed by atoms with E-state index in [2.05, 4.69) is 30.6 Å². The molecule has 0 saturated carbocycles. The van der Waals surface area contributed by atoms with Crippen LogP contribution in [0.2, 0.25) is 5.02 Å². The van der Waals surface area contributed by atoms with Gasteiger partial charge in [-0.05, 0) is 48.0 Å². The van der Waals surface area contributed by atoms with E-state index in [1.807, 2.05) is 42.6 Å². The van der Waals surface area contributed by atoms with Crippen LogP contribution in [0, 0.1) is 0 Å². The molecule has 3 aromatic heterocycles. The zero-order chi connectivity index (χ0) is 28.6. The lowest BCUT2D eigenvalue weighted by Crippen LogP contribution is -2.11. The van der Waals surface area contributed by atoms with Gasteiger partial charge in [0.05, 0.1) is 28.4 Å². The summed E-state index contributed by atoms with van der Waals surface area (Å²) in [6.07, 6.45) is 5.85. The second-order valence-corrected chi connectivity index (χ2v) is 9.47. The number of aliphatic hydroxyl groups is 1. The van der Waals surface area contributed by atoms with Gasteiger partial charge in [0.1, 0.15) is 35.9 Å². The Balaban J connectivity index is 1.42. The highest BCUT2D eigenvalue weighted by molar-refractivity contribution is 6.32. The van der Waals surface area contributed by atoms with Gasteiger partial charge in [-0.3, -0.25) is 9.78 Å². The summed E-state index contributed by atoms with van der Waals surface area (Å²) in [6, 6.07) is 16.6. The van der Waals surface area contributed by atoms with E-state index in [0.717, 1.165) is 27.9 Å². The number of carbonyl (C=O) groups excluding carboxylic acids is 1. The molecule has 2 aromatic carbocycles. The van der Waals surface area contributed by atoms with Crippen LogP contribution in [-0.4, -0.2) is 44.2 Å². The van der Waals surface area contributed by atoms with Crippen LogP contribution < -0.4 is 20.1 Å². The van der Waals surface area contributed by atoms with Gasteiger partial charge in [-0.2, -0.15) is 0 Å². The zero-order valence-corrected chi connectivity index (χ0v) is 23.1. The van der Waals surface area contributed by atoms with Crippen molar-refractivity contribution in [3.05, 3.63) is 84.0 Å². The smallest absolute Gasteiger partial charge is 0.224 e. The van der Waals surface area contributed by atoms with Crippen molar-refractivity contribution < 1.29 is 19.4 Å². The van der Waals surface area contributed by atoms with Crippen LogP contribution in [0.1, 0.15) is 25.5 Å². The van der Waals surface area contributed by atoms with E-state index >= 15 is 0 Å². The average molecular weight is 573 g/mol. The Kier molecular flexibility index (Phi) is 8.92. The lowest BCUT2D eigenvalue weighted by molar-refractivity contribution is -0.115. The predicted octanol–water partition coefficient (Wildman–Crippen LogP) is 6.11. The van der Waals surface area contributed by atoms with Crippen molar-refractivity contribution in [1.29, 1.82) is 0 Å². The quantitative estimate of drug-likeness (QED) is 0.132. The number of aromatic amines is 1. The number of nitrogens with one attached hydrogen (secondary N) is 3. The first-order valence-electron chi connectivity index (χ1n) is 13.1. The number of anilines is 3. The fraction of sp³-hybridized carbons (Fsp3) is 0.200. The van der Waals surface area contributed by atoms with Crippen LogP contribution in [0.25, 0.3) is 22.2 Å². The number of amides is 1. The summed E-state index contributed by atoms with van der Waals surface area (Å²) in [5.41, 5.74) is 4.36. The van der Waals surface area contributed by atoms with Crippen LogP contribution in [-0.2, 0) is 11.4 Å². The van der Waals surface area contributed by atoms with E-state index < -0.39 is 0 Å². The number of fused-ring (bicyclic) bond motifs is 1. The summed E-state index contributed by atoms with van der Waals surface area (Å²) < 4.78 is 11.6. The van der Waals surface area contributed by atoms with Gasteiger partial charge >= 0.3 is 0 Å². The van der Waals surface area contributed by atoms with Crippen molar-refractivity contribution in [2.24, 2.45) is 0 Å². The van der Waals surface area contributed by atoms with Gasteiger partial charge in [0.15, 0.2) is 0 Å². The fourth-order valence-corrected chi connectivity index (χ4v) is 4.39. The maximum absolute atomic E-state index is 12.2. The van der Waals surface area contributed by atoms with Gasteiger partial charge in [0, 0.05) is 43.1 Å². The molecule has 0 spiro atoms. The molecule has 0 radical (unpaired) electrons. The van der Waals surface area contributed by atoms with Crippen molar-refractivity contribution >= 4 is 45.7 Å². The molecular formula is C30H29ClN6O4. The van der Waals surface area contributed by atoms with Crippen LogP contribution in [0.15, 0.2) is 73.3 Å². The van der Waals surface area contributed by atoms with E-state index in [4.69, 9.17) is 26.2 Å². The number of aromatic nitrogens is 4. The Bertz CT molecular complexity index is 1640. The third kappa shape index (κ3) is 6.74. The molecule has 210 valence electrons. The first-order chi connectivity index (χ1) is 20.1. The van der Waals surface area contributed by atoms with Gasteiger partial charge in [-0.15, -0.1) is 0 Å². The highest BCUT2D eigenvalue weighted by atomic mass is 35.5. The molecule has 0 saturated heterocycles. The molecular weight excluding hydrogens is 544 g/mol. The van der Waals surface area contributed by atoms with Gasteiger partial charge < -0.3 is 30.2 Å². The standard InChI is InChI=1S/C30H29ClN6O4/c1-2-27(39)37-24-14-19(7-9-26(24)40-13-5-12-38)22-16-33-29-28(22)30(35-18-34-29)36-20-8-10-25(23(31)15-20)41-17-21-6-3-4-11-32-21/h3-4,6-11,14-16,18,38H,2,5,12-13,17H2,1H3,(H,37,39)(H2,33,34,35,36). The molecule has 0 aliphatic heterocycles. The molecule has 0 unspecified atom stereocenters. The number of ether oxygens (including phenoxy) is 2. The number of hydrogen-bond acceptors (Lipinski definition) is 8. The molecule has 11 heteroatoms. The first-order valence-corrected chi connectivity index (χ1v) is 13.5. The summed E-state index contributed by atoms with van der Waals surface area (Å²) in [5.74, 6) is 1.51. The summed E-state index contributed by atoms with van der Waals surface area (Å²) in [6.45, 7) is 2.44. The van der Waals surface area contributed by atoms with Gasteiger partial charge in [0.25, 0.3) is 0 Å². The topological polar surface area (TPSA) is 134 Å². The predicted molar refractivity (Wildman–Crippen MR) is 159 cm³/mol. The second-order valence-electron chi connectivity index (χ2n) is 9.07. The van der Waals surface area contributed by atoms with Gasteiger partial charge in [-0.25, -0.2) is 9.97 Å². The zero-order valence-electron chi connectivity index (χ0n) is 22.4. The van der Waals surface area contributed by atoms with E-state index in [1.54, 1.807) is 31.3 Å². The van der Waals surface area contributed by atoms with E-state index in [1.165, 1.54) is 6.33 Å². The Morgan fingerprint density at radius 1 is 1.05 bits per heavy atom. The summed E-state index contributed by atoms with van der Waals surface area (Å²) in [7, 11) is 0. The number of halogens is 1. The van der Waals surface area contributed by atoms with Crippen molar-refractivity contribution in [2.75, 3.05) is 23.8 Å². The highest BCUT2D eigenvalue weighted by Gasteiger charge is 2.16. The van der Waals surface area contributed by atoms with E-state index in [9.17, 15) is 4.79 Å². The number of rotatable bonds is 12. The Morgan fingerprint density at radius 2 is 1.93 bits per heavy atom. The molecule has 5 rings (SSSR count). The fourth-order valence-electron chi connectivity index (χ4n) is 4.16. The Hall–Kier alpha value is -4.67. The number of hydrogen-bond donors (Lipinski definition) is 4. The van der Waals surface area contributed by atoms with Crippen molar-refractivity contribution in [2.45, 2.75) is 26.4 Å². The number of carbonyl (C=O) groups is 1. The normalized spacial score (nSPS) is 10.9. The maximum atomic E-state index is 12.2. The minimum Gasteiger partial charge on any atom is -0.491 e. The Labute approximate surface area is 241 Å². The molecule has 5 aromatic rings. The highest BCUT2D eigenvalue weighted by Crippen LogP contribution is 2.38. The van der Waals surface area contributed by atoms with Crippen LogP contribution >= 0.6 is 11.6 Å². The Morgan fingerprint density at radius 3 is 2.71 bits per heavy atom. The van der Waals surface area contributed by atoms with E-state index in [0.29, 0.717) is 59.7 Å². The summed E-state index contributed by atoms with van der Waals surface area (Å²) in [4.78, 5) is 28.6. The summed E-state index contributed by atoms with van der Waals surface area (Å²) >= 11 is 6.53. The number of H-pyrrole nitrogens is 1. The molecule has 0 fully saturated rings. The SMILES string of the molecule is CCC(=O)Nc1cc(-c2c[nH]c3ncnc(Nc4ccc(OCc5ccccn5)c(Cl)c4)c23)ccc1OCCCO. The largest absolute Gasteiger partial charge is 0.491 e. The lowest BCUT2D eigenvalue weighted by atomic mass is 10.0. The monoisotopic (exact) mass is 572 g/mol. The molecule has 0 bridgehead atoms. The van der Waals surface area contributed by atoms with E-state index in [-0.39, 0.29) is 12.5 Å². The molecule has 0 aliphatic rings. The van der Waals surface area contributed by atoms with Crippen LogP contribution in [0.5, 0.6) is 11.5 Å². The maximum Gasteiger partial charge on any atom is 0.224 e. The molecule has 0 atom stereocenters. The average Bonchev–Trinajstić information content (AvgIpc) is 3.43. The lowest BCUT2D eigenvalue weighted by Gasteiger charge is -2.14. The minimum atomic E-state index is -0.136. The number of benzene rings is 2. The summed E-state index contributed by atoms with van der Waals surface area (Å²) in [5, 5.41) is 16.6. The third-order valence-electron chi connectivity index (χ3n) is 6.21. The third-order valence-corrected chi connectivity index (χ3v) is 6.51. The van der Waals surface area contributed by atoms with Crippen LogP contribution in [0.3, 0.4) is 0 Å². The first kappa shape index (κ1) is 27.9. The van der Waals surface area contributed by atoms with Crippen molar-refractivity contribution in [1.82, 2.24) is 19.9 Å². The molecule has 3 heterocycles. The number of pyridine rings is 1. The molecule has 10 nitrogen and oxygen atoms in total. The van der Waals surface area contributed by atoms with Gasteiger partial charge in [0.2, 0.25) is 5.91 Å². The molecule has 41 heavy (non-hydrogen) atoms. The second kappa shape index (κ2) is 13.1. The molecule has 0 aliphatic carbocycles.